The minimum atomic E-state index is -0.604. The number of nitrogens with zero attached hydrogens (tertiary/aromatic N) is 1. The maximum atomic E-state index is 12.4. The van der Waals surface area contributed by atoms with E-state index in [2.05, 4.69) is 5.48 Å². The molecular weight excluding hydrogens is 367 g/mol. The van der Waals surface area contributed by atoms with Gasteiger partial charge in [-0.25, -0.2) is 10.3 Å². The highest BCUT2D eigenvalue weighted by Gasteiger charge is 2.19. The van der Waals surface area contributed by atoms with Gasteiger partial charge in [-0.15, -0.1) is 0 Å². The molecule has 1 unspecified atom stereocenters. The highest BCUT2D eigenvalue weighted by Crippen LogP contribution is 2.27. The summed E-state index contributed by atoms with van der Waals surface area (Å²) in [6.45, 7) is 0.588. The minimum absolute atomic E-state index is 0.0325. The van der Waals surface area contributed by atoms with E-state index in [0.29, 0.717) is 34.0 Å². The van der Waals surface area contributed by atoms with E-state index in [1.54, 1.807) is 6.07 Å². The minimum Gasteiger partial charge on any atom is -0.350 e. The van der Waals surface area contributed by atoms with Crippen LogP contribution in [0.5, 0.6) is 0 Å². The summed E-state index contributed by atoms with van der Waals surface area (Å²) in [5, 5.41) is 17.0. The summed E-state index contributed by atoms with van der Waals surface area (Å²) in [6, 6.07) is 4.63. The van der Waals surface area contributed by atoms with E-state index in [0.717, 1.165) is 19.2 Å². The predicted octanol–water partition coefficient (Wildman–Crippen LogP) is 3.07. The summed E-state index contributed by atoms with van der Waals surface area (Å²) in [4.78, 5) is 17.7. The first-order valence-corrected chi connectivity index (χ1v) is 8.44. The molecule has 3 rings (SSSR count). The number of nitrogens with one attached hydrogen (secondary N) is 3. The molecule has 1 saturated heterocycles. The highest BCUT2D eigenvalue weighted by molar-refractivity contribution is 6.38. The van der Waals surface area contributed by atoms with E-state index in [1.165, 1.54) is 16.7 Å². The molecule has 3 N–H and O–H groups in total. The normalized spacial score (nSPS) is 17.4. The Hall–Kier alpha value is -1.93. The fourth-order valence-corrected chi connectivity index (χ4v) is 3.30. The van der Waals surface area contributed by atoms with Gasteiger partial charge in [-0.05, 0) is 31.0 Å². The van der Waals surface area contributed by atoms with Crippen molar-refractivity contribution in [3.8, 4) is 0 Å². The Bertz CT molecular complexity index is 891. The number of hydrogen-bond donors (Lipinski definition) is 3. The number of halogens is 2. The van der Waals surface area contributed by atoms with Crippen LogP contribution in [0.1, 0.15) is 29.6 Å². The monoisotopic (exact) mass is 382 g/mol. The number of pyridine rings is 1. The lowest BCUT2D eigenvalue weighted by atomic mass is 10.1. The van der Waals surface area contributed by atoms with Crippen molar-refractivity contribution in [1.82, 2.24) is 10.0 Å². The lowest BCUT2D eigenvalue weighted by Gasteiger charge is -2.22. The number of amides is 1. The molecule has 2 aromatic rings. The molecule has 0 aliphatic carbocycles. The molecule has 132 valence electrons. The van der Waals surface area contributed by atoms with Gasteiger partial charge in [0, 0.05) is 23.4 Å². The Kier molecular flexibility index (Phi) is 5.39. The van der Waals surface area contributed by atoms with Gasteiger partial charge in [0.15, 0.2) is 6.29 Å². The van der Waals surface area contributed by atoms with Crippen LogP contribution < -0.4 is 11.0 Å². The average Bonchev–Trinajstić information content (AvgIpc) is 2.60. The van der Waals surface area contributed by atoms with Gasteiger partial charge in [0.05, 0.1) is 22.4 Å². The van der Waals surface area contributed by atoms with E-state index >= 15 is 0 Å². The molecule has 0 spiro atoms. The highest BCUT2D eigenvalue weighted by atomic mass is 35.5. The second kappa shape index (κ2) is 7.53. The number of hydroxylamine groups is 1. The van der Waals surface area contributed by atoms with Crippen LogP contribution in [0.3, 0.4) is 0 Å². The van der Waals surface area contributed by atoms with Gasteiger partial charge in [-0.3, -0.25) is 20.2 Å². The van der Waals surface area contributed by atoms with E-state index in [9.17, 15) is 4.79 Å². The van der Waals surface area contributed by atoms with Crippen molar-refractivity contribution < 1.29 is 14.4 Å². The summed E-state index contributed by atoms with van der Waals surface area (Å²) in [5.74, 6) is -0.604. The lowest BCUT2D eigenvalue weighted by Crippen LogP contribution is -2.37. The molecule has 7 nitrogen and oxygen atoms in total. The topological polar surface area (TPSA) is 100 Å². The Balaban J connectivity index is 1.95. The van der Waals surface area contributed by atoms with Crippen LogP contribution >= 0.6 is 23.2 Å². The van der Waals surface area contributed by atoms with Crippen molar-refractivity contribution >= 4 is 46.4 Å². The number of carbonyl (C=O) groups excluding carboxylic acids is 1. The summed E-state index contributed by atoms with van der Waals surface area (Å²) in [5.41, 5.74) is 2.60. The van der Waals surface area contributed by atoms with Crippen molar-refractivity contribution in [2.45, 2.75) is 25.6 Å². The van der Waals surface area contributed by atoms with Crippen LogP contribution in [-0.4, -0.2) is 29.7 Å². The quantitative estimate of drug-likeness (QED) is 0.430. The van der Waals surface area contributed by atoms with E-state index in [4.69, 9.17) is 43.6 Å². The molecule has 1 aromatic heterocycles. The lowest BCUT2D eigenvalue weighted by molar-refractivity contribution is -0.186. The SMILES string of the molecule is N=Cn1c(=N)c(C(=O)NOC2CCCCO2)cc2cc(Cl)cc(Cl)c21. The summed E-state index contributed by atoms with van der Waals surface area (Å²) in [7, 11) is 0. The van der Waals surface area contributed by atoms with Crippen LogP contribution in [0.25, 0.3) is 10.9 Å². The van der Waals surface area contributed by atoms with Gasteiger partial charge in [0.25, 0.3) is 5.91 Å². The third-order valence-corrected chi connectivity index (χ3v) is 4.40. The van der Waals surface area contributed by atoms with Crippen molar-refractivity contribution in [2.24, 2.45) is 0 Å². The van der Waals surface area contributed by atoms with Gasteiger partial charge in [0.1, 0.15) is 5.49 Å². The molecule has 0 bridgehead atoms. The third-order valence-electron chi connectivity index (χ3n) is 3.89. The van der Waals surface area contributed by atoms with Gasteiger partial charge in [-0.1, -0.05) is 23.2 Å². The Morgan fingerprint density at radius 3 is 2.84 bits per heavy atom. The van der Waals surface area contributed by atoms with Crippen molar-refractivity contribution in [3.63, 3.8) is 0 Å². The molecule has 1 aromatic carbocycles. The average molecular weight is 383 g/mol. The number of carbonyl (C=O) groups is 1. The standard InChI is InChI=1S/C16H16Cl2N4O3/c17-10-5-9-6-11(15(20)22(8-19)14(9)12(18)7-10)16(23)21-25-13-3-1-2-4-24-13/h5-8,13,19-20H,1-4H2,(H,21,23). The largest absolute Gasteiger partial charge is 0.350 e. The molecular formula is C16H16Cl2N4O3. The molecule has 1 amide bonds. The Morgan fingerprint density at radius 1 is 1.36 bits per heavy atom. The first-order chi connectivity index (χ1) is 12.0. The number of aromatic nitrogens is 1. The van der Waals surface area contributed by atoms with Crippen LogP contribution in [0.4, 0.5) is 0 Å². The zero-order valence-corrected chi connectivity index (χ0v) is 14.7. The zero-order valence-electron chi connectivity index (χ0n) is 13.1. The second-order valence-corrected chi connectivity index (χ2v) is 6.42. The van der Waals surface area contributed by atoms with Gasteiger partial charge >= 0.3 is 0 Å². The molecule has 1 aliphatic rings. The number of fused-ring (bicyclic) bond motifs is 1. The smallest absolute Gasteiger partial charge is 0.278 e. The molecule has 0 radical (unpaired) electrons. The first kappa shape index (κ1) is 17.9. The molecule has 2 heterocycles. The summed E-state index contributed by atoms with van der Waals surface area (Å²) in [6.07, 6.45) is 3.05. The predicted molar refractivity (Wildman–Crippen MR) is 94.1 cm³/mol. The van der Waals surface area contributed by atoms with Gasteiger partial charge in [0.2, 0.25) is 0 Å². The fraction of sp³-hybridized carbons (Fsp3) is 0.312. The molecule has 25 heavy (non-hydrogen) atoms. The number of rotatable bonds is 4. The maximum absolute atomic E-state index is 12.4. The molecule has 1 atom stereocenters. The van der Waals surface area contributed by atoms with Crippen LogP contribution in [-0.2, 0) is 9.57 Å². The summed E-state index contributed by atoms with van der Waals surface area (Å²) < 4.78 is 6.59. The third kappa shape index (κ3) is 3.69. The zero-order chi connectivity index (χ0) is 18.0. The van der Waals surface area contributed by atoms with Crippen molar-refractivity contribution in [3.05, 3.63) is 39.3 Å². The fourth-order valence-electron chi connectivity index (χ4n) is 2.70. The molecule has 1 aliphatic heterocycles. The van der Waals surface area contributed by atoms with Crippen molar-refractivity contribution in [1.29, 1.82) is 10.8 Å². The van der Waals surface area contributed by atoms with Gasteiger partial charge < -0.3 is 4.74 Å². The van der Waals surface area contributed by atoms with E-state index in [1.807, 2.05) is 0 Å². The Labute approximate surface area is 153 Å². The molecule has 1 fully saturated rings. The van der Waals surface area contributed by atoms with Gasteiger partial charge in [-0.2, -0.15) is 0 Å². The summed E-state index contributed by atoms with van der Waals surface area (Å²) >= 11 is 12.2. The molecule has 9 heteroatoms. The van der Waals surface area contributed by atoms with Crippen molar-refractivity contribution in [2.75, 3.05) is 6.61 Å². The number of ether oxygens (including phenoxy) is 1. The van der Waals surface area contributed by atoms with E-state index < -0.39 is 12.2 Å². The van der Waals surface area contributed by atoms with Crippen LogP contribution in [0.2, 0.25) is 10.0 Å². The first-order valence-electron chi connectivity index (χ1n) is 7.68. The maximum Gasteiger partial charge on any atom is 0.278 e. The second-order valence-electron chi connectivity index (χ2n) is 5.58. The van der Waals surface area contributed by atoms with Crippen LogP contribution in [0.15, 0.2) is 18.2 Å². The number of benzene rings is 1. The van der Waals surface area contributed by atoms with E-state index in [-0.39, 0.29) is 11.1 Å². The Morgan fingerprint density at radius 2 is 2.16 bits per heavy atom. The van der Waals surface area contributed by atoms with Crippen LogP contribution in [0, 0.1) is 10.8 Å². The number of hydrogen-bond acceptors (Lipinski definition) is 5. The molecule has 0 saturated carbocycles.